The van der Waals surface area contributed by atoms with Crippen LogP contribution in [0.25, 0.3) is 0 Å². The van der Waals surface area contributed by atoms with E-state index in [2.05, 4.69) is 9.97 Å². The van der Waals surface area contributed by atoms with Gasteiger partial charge in [0.15, 0.2) is 11.6 Å². The molecule has 0 amide bonds. The van der Waals surface area contributed by atoms with Crippen LogP contribution in [-0.4, -0.2) is 36.4 Å². The molecule has 0 bridgehead atoms. The molecule has 0 fully saturated rings. The van der Waals surface area contributed by atoms with Gasteiger partial charge < -0.3 is 20.8 Å². The maximum atomic E-state index is 14.3. The minimum absolute atomic E-state index is 0.169. The van der Waals surface area contributed by atoms with Crippen molar-refractivity contribution in [2.45, 2.75) is 13.3 Å². The number of hydrogen-bond donors (Lipinski definition) is 2. The molecule has 0 saturated heterocycles. The second kappa shape index (κ2) is 7.64. The molecule has 3 N–H and O–H groups in total. The molecule has 1 heterocycles. The molecule has 7 heteroatoms. The smallest absolute Gasteiger partial charge is 0.184 e. The SMILES string of the molecule is COCCCN(c1cccc(N)c1C=N)c1nc(C)ncc1F. The van der Waals surface area contributed by atoms with Crippen molar-refractivity contribution in [3.05, 3.63) is 41.6 Å². The highest BCUT2D eigenvalue weighted by Crippen LogP contribution is 2.31. The molecule has 0 aliphatic rings. The van der Waals surface area contributed by atoms with Gasteiger partial charge in [-0.25, -0.2) is 14.4 Å². The Bertz CT molecular complexity index is 692. The van der Waals surface area contributed by atoms with E-state index in [4.69, 9.17) is 15.9 Å². The predicted octanol–water partition coefficient (Wildman–Crippen LogP) is 2.68. The molecular formula is C16H20FN5O. The van der Waals surface area contributed by atoms with Gasteiger partial charge in [0, 0.05) is 37.7 Å². The summed E-state index contributed by atoms with van der Waals surface area (Å²) in [5.41, 5.74) is 7.56. The number of aryl methyl sites for hydroxylation is 1. The van der Waals surface area contributed by atoms with Crippen molar-refractivity contribution in [3.63, 3.8) is 0 Å². The van der Waals surface area contributed by atoms with E-state index < -0.39 is 5.82 Å². The molecule has 23 heavy (non-hydrogen) atoms. The number of nitrogens with one attached hydrogen (secondary N) is 1. The van der Waals surface area contributed by atoms with E-state index in [-0.39, 0.29) is 5.82 Å². The minimum atomic E-state index is -0.522. The van der Waals surface area contributed by atoms with Crippen LogP contribution in [0.3, 0.4) is 0 Å². The van der Waals surface area contributed by atoms with Gasteiger partial charge in [-0.1, -0.05) is 6.07 Å². The zero-order chi connectivity index (χ0) is 16.8. The highest BCUT2D eigenvalue weighted by atomic mass is 19.1. The van der Waals surface area contributed by atoms with E-state index in [1.165, 1.54) is 6.21 Å². The topological polar surface area (TPSA) is 88.1 Å². The number of methoxy groups -OCH3 is 1. The van der Waals surface area contributed by atoms with Gasteiger partial charge in [0.25, 0.3) is 0 Å². The van der Waals surface area contributed by atoms with Gasteiger partial charge in [-0.15, -0.1) is 0 Å². The standard InChI is InChI=1S/C16H20FN5O/c1-11-20-10-13(17)16(21-11)22(7-4-8-23-2)15-6-3-5-14(19)12(15)9-18/h3,5-6,9-10,18H,4,7-8,19H2,1-2H3. The average Bonchev–Trinajstić information content (AvgIpc) is 2.54. The fourth-order valence-electron chi connectivity index (χ4n) is 2.30. The summed E-state index contributed by atoms with van der Waals surface area (Å²) in [6.45, 7) is 2.71. The number of benzene rings is 1. The van der Waals surface area contributed by atoms with Crippen LogP contribution in [0, 0.1) is 18.2 Å². The Kier molecular flexibility index (Phi) is 5.59. The number of nitrogens with two attached hydrogens (primary N) is 1. The van der Waals surface area contributed by atoms with Gasteiger partial charge in [0.1, 0.15) is 5.82 Å². The van der Waals surface area contributed by atoms with Crippen LogP contribution in [0.15, 0.2) is 24.4 Å². The highest BCUT2D eigenvalue weighted by molar-refractivity contribution is 5.94. The van der Waals surface area contributed by atoms with Crippen LogP contribution in [-0.2, 0) is 4.74 Å². The first-order chi connectivity index (χ1) is 11.1. The number of ether oxygens (including phenoxy) is 1. The minimum Gasteiger partial charge on any atom is -0.398 e. The Morgan fingerprint density at radius 3 is 2.91 bits per heavy atom. The molecule has 6 nitrogen and oxygen atoms in total. The zero-order valence-electron chi connectivity index (χ0n) is 13.2. The first kappa shape index (κ1) is 16.8. The summed E-state index contributed by atoms with van der Waals surface area (Å²) in [5, 5.41) is 7.61. The van der Waals surface area contributed by atoms with Gasteiger partial charge in [-0.2, -0.15) is 0 Å². The van der Waals surface area contributed by atoms with E-state index >= 15 is 0 Å². The van der Waals surface area contributed by atoms with Gasteiger partial charge in [-0.05, 0) is 25.5 Å². The average molecular weight is 317 g/mol. The van der Waals surface area contributed by atoms with Crippen LogP contribution >= 0.6 is 0 Å². The molecule has 1 aromatic heterocycles. The van der Waals surface area contributed by atoms with Crippen LogP contribution < -0.4 is 10.6 Å². The van der Waals surface area contributed by atoms with Crippen molar-refractivity contribution >= 4 is 23.4 Å². The molecule has 0 aliphatic heterocycles. The van der Waals surface area contributed by atoms with E-state index in [0.717, 1.165) is 6.20 Å². The molecule has 0 unspecified atom stereocenters. The fraction of sp³-hybridized carbons (Fsp3) is 0.312. The second-order valence-electron chi connectivity index (χ2n) is 5.01. The van der Waals surface area contributed by atoms with Crippen molar-refractivity contribution < 1.29 is 9.13 Å². The molecule has 2 aromatic rings. The van der Waals surface area contributed by atoms with E-state index in [1.807, 2.05) is 0 Å². The number of halogens is 1. The van der Waals surface area contributed by atoms with Gasteiger partial charge >= 0.3 is 0 Å². The monoisotopic (exact) mass is 317 g/mol. The van der Waals surface area contributed by atoms with Crippen LogP contribution in [0.4, 0.5) is 21.6 Å². The summed E-state index contributed by atoms with van der Waals surface area (Å²) in [7, 11) is 1.61. The largest absolute Gasteiger partial charge is 0.398 e. The number of aromatic nitrogens is 2. The maximum Gasteiger partial charge on any atom is 0.184 e. The summed E-state index contributed by atoms with van der Waals surface area (Å²) in [6.07, 6.45) is 2.99. The lowest BCUT2D eigenvalue weighted by Crippen LogP contribution is -2.24. The van der Waals surface area contributed by atoms with Crippen molar-refractivity contribution in [2.24, 2.45) is 0 Å². The maximum absolute atomic E-state index is 14.3. The predicted molar refractivity (Wildman–Crippen MR) is 89.0 cm³/mol. The van der Waals surface area contributed by atoms with Crippen molar-refractivity contribution in [3.8, 4) is 0 Å². The summed E-state index contributed by atoms with van der Waals surface area (Å²) in [6, 6.07) is 5.27. The number of hydrogen-bond acceptors (Lipinski definition) is 6. The first-order valence-corrected chi connectivity index (χ1v) is 7.23. The molecule has 0 radical (unpaired) electrons. The number of nitrogens with zero attached hydrogens (tertiary/aromatic N) is 3. The highest BCUT2D eigenvalue weighted by Gasteiger charge is 2.19. The third-order valence-corrected chi connectivity index (χ3v) is 3.38. The van der Waals surface area contributed by atoms with Crippen molar-refractivity contribution in [1.82, 2.24) is 9.97 Å². The third-order valence-electron chi connectivity index (χ3n) is 3.38. The van der Waals surface area contributed by atoms with E-state index in [0.29, 0.717) is 42.3 Å². The number of anilines is 3. The molecule has 122 valence electrons. The lowest BCUT2D eigenvalue weighted by Gasteiger charge is -2.26. The molecule has 0 atom stereocenters. The number of rotatable bonds is 7. The zero-order valence-corrected chi connectivity index (χ0v) is 13.2. The first-order valence-electron chi connectivity index (χ1n) is 7.23. The molecular weight excluding hydrogens is 297 g/mol. The molecule has 1 aromatic carbocycles. The molecule has 0 spiro atoms. The number of nitrogen functional groups attached to an aromatic ring is 1. The molecule has 2 rings (SSSR count). The van der Waals surface area contributed by atoms with Crippen molar-refractivity contribution in [1.29, 1.82) is 5.41 Å². The van der Waals surface area contributed by atoms with Crippen LogP contribution in [0.1, 0.15) is 17.8 Å². The van der Waals surface area contributed by atoms with Gasteiger partial charge in [0.2, 0.25) is 0 Å². The van der Waals surface area contributed by atoms with Gasteiger partial charge in [-0.3, -0.25) is 0 Å². The van der Waals surface area contributed by atoms with Crippen molar-refractivity contribution in [2.75, 3.05) is 30.9 Å². The summed E-state index contributed by atoms with van der Waals surface area (Å²) in [4.78, 5) is 9.79. The summed E-state index contributed by atoms with van der Waals surface area (Å²) in [5.74, 6) is 0.118. The molecule has 0 aliphatic carbocycles. The van der Waals surface area contributed by atoms with E-state index in [9.17, 15) is 4.39 Å². The quantitative estimate of drug-likeness (QED) is 0.466. The Morgan fingerprint density at radius 2 is 2.22 bits per heavy atom. The normalized spacial score (nSPS) is 10.6. The lowest BCUT2D eigenvalue weighted by atomic mass is 10.1. The second-order valence-corrected chi connectivity index (χ2v) is 5.01. The fourth-order valence-corrected chi connectivity index (χ4v) is 2.30. The Balaban J connectivity index is 2.52. The Hall–Kier alpha value is -2.54. The van der Waals surface area contributed by atoms with E-state index in [1.54, 1.807) is 37.1 Å². The molecule has 0 saturated carbocycles. The van der Waals surface area contributed by atoms with Crippen LogP contribution in [0.5, 0.6) is 0 Å². The Morgan fingerprint density at radius 1 is 1.43 bits per heavy atom. The lowest BCUT2D eigenvalue weighted by molar-refractivity contribution is 0.196. The van der Waals surface area contributed by atoms with Crippen LogP contribution in [0.2, 0.25) is 0 Å². The third kappa shape index (κ3) is 3.81. The Labute approximate surface area is 134 Å². The summed E-state index contributed by atoms with van der Waals surface area (Å²) < 4.78 is 19.3. The van der Waals surface area contributed by atoms with Gasteiger partial charge in [0.05, 0.1) is 11.9 Å². The summed E-state index contributed by atoms with van der Waals surface area (Å²) >= 11 is 0.